The molecule has 0 aliphatic rings. The summed E-state index contributed by atoms with van der Waals surface area (Å²) in [6, 6.07) is 4.73. The quantitative estimate of drug-likeness (QED) is 0.425. The fourth-order valence-corrected chi connectivity index (χ4v) is 2.84. The number of nitro groups is 1. The van der Waals surface area contributed by atoms with E-state index in [9.17, 15) is 10.1 Å². The van der Waals surface area contributed by atoms with Crippen LogP contribution in [0.5, 0.6) is 0 Å². The average Bonchev–Trinajstić information content (AvgIpc) is 3.13. The van der Waals surface area contributed by atoms with Crippen LogP contribution in [0.3, 0.4) is 0 Å². The molecule has 0 saturated heterocycles. The molecule has 0 radical (unpaired) electrons. The van der Waals surface area contributed by atoms with Crippen LogP contribution >= 0.6 is 11.8 Å². The summed E-state index contributed by atoms with van der Waals surface area (Å²) in [6.07, 6.45) is 2.81. The van der Waals surface area contributed by atoms with Gasteiger partial charge in [0.2, 0.25) is 5.16 Å². The Morgan fingerprint density at radius 1 is 1.46 bits per heavy atom. The summed E-state index contributed by atoms with van der Waals surface area (Å²) in [7, 11) is 0. The first-order chi connectivity index (χ1) is 11.5. The van der Waals surface area contributed by atoms with Crippen LogP contribution in [-0.4, -0.2) is 24.8 Å². The van der Waals surface area contributed by atoms with Crippen LogP contribution < -0.4 is 5.84 Å². The molecule has 0 atom stereocenters. The van der Waals surface area contributed by atoms with Gasteiger partial charge in [0.25, 0.3) is 0 Å². The largest absolute Gasteiger partial charge is 0.469 e. The molecule has 0 aliphatic heterocycles. The summed E-state index contributed by atoms with van der Waals surface area (Å²) in [5.41, 5.74) is 0.172. The molecule has 0 amide bonds. The molecule has 3 aromatic rings. The predicted molar refractivity (Wildman–Crippen MR) is 82.3 cm³/mol. The van der Waals surface area contributed by atoms with Gasteiger partial charge in [-0.3, -0.25) is 10.1 Å². The Morgan fingerprint density at radius 2 is 2.25 bits per heavy atom. The number of furan rings is 1. The van der Waals surface area contributed by atoms with E-state index in [0.717, 1.165) is 11.8 Å². The van der Waals surface area contributed by atoms with Gasteiger partial charge in [0.15, 0.2) is 10.9 Å². The average molecular weight is 343 g/mol. The molecular weight excluding hydrogens is 334 g/mol. The molecule has 3 rings (SSSR count). The number of nitrogens with two attached hydrogens (primary N) is 1. The number of rotatable bonds is 4. The third-order valence-electron chi connectivity index (χ3n) is 3.15. The van der Waals surface area contributed by atoms with E-state index in [-0.39, 0.29) is 15.7 Å². The lowest BCUT2D eigenvalue weighted by Gasteiger charge is -2.03. The number of hydrogen-bond donors (Lipinski definition) is 1. The second-order valence-electron chi connectivity index (χ2n) is 4.55. The molecule has 24 heavy (non-hydrogen) atoms. The minimum Gasteiger partial charge on any atom is -0.469 e. The van der Waals surface area contributed by atoms with Gasteiger partial charge in [-0.05, 0) is 30.8 Å². The van der Waals surface area contributed by atoms with E-state index in [1.54, 1.807) is 19.1 Å². The second kappa shape index (κ2) is 6.01. The van der Waals surface area contributed by atoms with Crippen molar-refractivity contribution in [2.24, 2.45) is 0 Å². The molecule has 3 aromatic heterocycles. The number of pyridine rings is 1. The normalized spacial score (nSPS) is 10.5. The molecule has 0 saturated carbocycles. The van der Waals surface area contributed by atoms with Gasteiger partial charge in [-0.15, -0.1) is 10.2 Å². The van der Waals surface area contributed by atoms with E-state index in [1.807, 2.05) is 0 Å². The highest BCUT2D eigenvalue weighted by atomic mass is 32.2. The van der Waals surface area contributed by atoms with E-state index >= 15 is 0 Å². The summed E-state index contributed by atoms with van der Waals surface area (Å²) < 4.78 is 6.39. The molecule has 0 bridgehead atoms. The topological polar surface area (TPSA) is 150 Å². The van der Waals surface area contributed by atoms with Gasteiger partial charge >= 0.3 is 5.69 Å². The lowest BCUT2D eigenvalue weighted by Crippen LogP contribution is -2.11. The maximum atomic E-state index is 11.2. The number of aryl methyl sites for hydroxylation is 1. The highest BCUT2D eigenvalue weighted by Gasteiger charge is 2.25. The maximum Gasteiger partial charge on any atom is 0.319 e. The Hall–Kier alpha value is -3.39. The Kier molecular flexibility index (Phi) is 3.88. The Labute approximate surface area is 139 Å². The first-order valence-electron chi connectivity index (χ1n) is 6.49. The molecule has 11 heteroatoms. The Bertz CT molecular complexity index is 972. The van der Waals surface area contributed by atoms with Crippen molar-refractivity contribution in [1.82, 2.24) is 19.9 Å². The molecular formula is C13H9N7O3S. The van der Waals surface area contributed by atoms with Crippen molar-refractivity contribution in [3.8, 4) is 17.5 Å². The van der Waals surface area contributed by atoms with Crippen molar-refractivity contribution in [3.63, 3.8) is 0 Å². The molecule has 0 unspecified atom stereocenters. The van der Waals surface area contributed by atoms with E-state index in [2.05, 4.69) is 15.2 Å². The van der Waals surface area contributed by atoms with Gasteiger partial charge in [0, 0.05) is 6.20 Å². The minimum atomic E-state index is -0.660. The molecule has 120 valence electrons. The third kappa shape index (κ3) is 2.55. The van der Waals surface area contributed by atoms with E-state index < -0.39 is 10.6 Å². The van der Waals surface area contributed by atoms with Gasteiger partial charge in [0.05, 0.1) is 16.7 Å². The van der Waals surface area contributed by atoms with Crippen LogP contribution in [0.2, 0.25) is 0 Å². The van der Waals surface area contributed by atoms with E-state index in [1.165, 1.54) is 23.2 Å². The summed E-state index contributed by atoms with van der Waals surface area (Å²) in [4.78, 5) is 14.5. The van der Waals surface area contributed by atoms with Gasteiger partial charge < -0.3 is 10.3 Å². The lowest BCUT2D eigenvalue weighted by molar-refractivity contribution is -0.388. The van der Waals surface area contributed by atoms with Gasteiger partial charge in [-0.1, -0.05) is 0 Å². The fourth-order valence-electron chi connectivity index (χ4n) is 2.01. The van der Waals surface area contributed by atoms with Gasteiger partial charge in [-0.2, -0.15) is 5.26 Å². The number of nitrogen functional groups attached to an aromatic ring is 1. The summed E-state index contributed by atoms with van der Waals surface area (Å²) >= 11 is 0.853. The van der Waals surface area contributed by atoms with Crippen molar-refractivity contribution >= 4 is 17.4 Å². The van der Waals surface area contributed by atoms with Crippen LogP contribution in [0.25, 0.3) is 11.4 Å². The van der Waals surface area contributed by atoms with Crippen LogP contribution in [0.1, 0.15) is 11.3 Å². The SMILES string of the molecule is Cc1occc1-c1nnc(Sc2nccc(C#N)c2[N+](=O)[O-])n1N. The van der Waals surface area contributed by atoms with Crippen LogP contribution in [0, 0.1) is 28.4 Å². The third-order valence-corrected chi connectivity index (χ3v) is 4.10. The smallest absolute Gasteiger partial charge is 0.319 e. The standard InChI is InChI=1S/C13H9N7O3S/c1-7-9(3-5-23-7)11-17-18-13(19(11)15)24-12-10(20(21)22)8(6-14)2-4-16-12/h2-5H,15H2,1H3. The summed E-state index contributed by atoms with van der Waals surface area (Å²) in [5.74, 6) is 6.94. The first-order valence-corrected chi connectivity index (χ1v) is 7.31. The summed E-state index contributed by atoms with van der Waals surface area (Å²) in [5, 5.41) is 28.3. The zero-order valence-corrected chi connectivity index (χ0v) is 13.0. The molecule has 2 N–H and O–H groups in total. The zero-order valence-electron chi connectivity index (χ0n) is 12.2. The van der Waals surface area contributed by atoms with Crippen LogP contribution in [0.15, 0.2) is 39.2 Å². The molecule has 0 fully saturated rings. The molecule has 3 heterocycles. The maximum absolute atomic E-state index is 11.2. The van der Waals surface area contributed by atoms with Crippen molar-refractivity contribution in [2.75, 3.05) is 5.84 Å². The molecule has 0 aromatic carbocycles. The van der Waals surface area contributed by atoms with Gasteiger partial charge in [0.1, 0.15) is 17.4 Å². The second-order valence-corrected chi connectivity index (χ2v) is 5.51. The van der Waals surface area contributed by atoms with Gasteiger partial charge in [-0.25, -0.2) is 9.66 Å². The zero-order chi connectivity index (χ0) is 17.3. The highest BCUT2D eigenvalue weighted by Crippen LogP contribution is 2.35. The lowest BCUT2D eigenvalue weighted by atomic mass is 10.2. The molecule has 0 spiro atoms. The number of nitrogens with zero attached hydrogens (tertiary/aromatic N) is 6. The highest BCUT2D eigenvalue weighted by molar-refractivity contribution is 7.99. The van der Waals surface area contributed by atoms with Crippen molar-refractivity contribution in [3.05, 3.63) is 46.0 Å². The Balaban J connectivity index is 2.03. The first kappa shape index (κ1) is 15.5. The van der Waals surface area contributed by atoms with Crippen molar-refractivity contribution in [1.29, 1.82) is 5.26 Å². The molecule has 10 nitrogen and oxygen atoms in total. The fraction of sp³-hybridized carbons (Fsp3) is 0.0769. The van der Waals surface area contributed by atoms with Crippen molar-refractivity contribution in [2.45, 2.75) is 17.1 Å². The predicted octanol–water partition coefficient (Wildman–Crippen LogP) is 1.89. The monoisotopic (exact) mass is 343 g/mol. The molecule has 0 aliphatic carbocycles. The minimum absolute atomic E-state index is 0.00798. The van der Waals surface area contributed by atoms with Crippen molar-refractivity contribution < 1.29 is 9.34 Å². The number of hydrogen-bond acceptors (Lipinski definition) is 9. The van der Waals surface area contributed by atoms with Crippen LogP contribution in [-0.2, 0) is 0 Å². The number of nitriles is 1. The Morgan fingerprint density at radius 3 is 2.88 bits per heavy atom. The van der Waals surface area contributed by atoms with E-state index in [0.29, 0.717) is 17.1 Å². The number of aromatic nitrogens is 4. The van der Waals surface area contributed by atoms with Crippen LogP contribution in [0.4, 0.5) is 5.69 Å². The van der Waals surface area contributed by atoms with E-state index in [4.69, 9.17) is 15.5 Å². The summed E-state index contributed by atoms with van der Waals surface area (Å²) in [6.45, 7) is 1.75.